The van der Waals surface area contributed by atoms with Crippen LogP contribution in [-0.2, 0) is 10.9 Å². The molecule has 2 aromatic rings. The number of benzene rings is 1. The van der Waals surface area contributed by atoms with E-state index >= 15 is 0 Å². The summed E-state index contributed by atoms with van der Waals surface area (Å²) in [6.45, 7) is 4.32. The predicted octanol–water partition coefficient (Wildman–Crippen LogP) is 3.40. The number of aliphatic imine (C=N–C) groups is 1. The molecule has 0 saturated carbocycles. The molecule has 3 N–H and O–H groups in total. The standard InChI is InChI=1S/C20H27F3N6O2/c1-3-24-18(28-15-6-4-7-16(14-15)31-13-5-12-30-2)26-10-11-27-19-25-9-8-17(29-19)20(21,22)23/h4,6-9,14H,3,5,10-13H2,1-2H3,(H2,24,26,28)(H,25,27,29). The number of nitrogens with one attached hydrogen (secondary N) is 3. The maximum atomic E-state index is 12.7. The van der Waals surface area contributed by atoms with Crippen LogP contribution in [0.5, 0.6) is 5.75 Å². The van der Waals surface area contributed by atoms with Crippen LogP contribution in [0.15, 0.2) is 41.5 Å². The number of aromatic nitrogens is 2. The van der Waals surface area contributed by atoms with E-state index in [4.69, 9.17) is 9.47 Å². The number of ether oxygens (including phenoxy) is 2. The Hall–Kier alpha value is -3.08. The Kier molecular flexibility index (Phi) is 9.82. The van der Waals surface area contributed by atoms with Gasteiger partial charge in [0.15, 0.2) is 5.96 Å². The third kappa shape index (κ3) is 9.08. The smallest absolute Gasteiger partial charge is 0.433 e. The van der Waals surface area contributed by atoms with E-state index in [9.17, 15) is 13.2 Å². The van der Waals surface area contributed by atoms with Gasteiger partial charge >= 0.3 is 6.18 Å². The molecule has 0 spiro atoms. The zero-order valence-electron chi connectivity index (χ0n) is 17.5. The normalized spacial score (nSPS) is 11.8. The number of guanidine groups is 1. The minimum atomic E-state index is -4.51. The molecule has 0 atom stereocenters. The molecule has 0 radical (unpaired) electrons. The van der Waals surface area contributed by atoms with Gasteiger partial charge in [0.05, 0.1) is 13.2 Å². The molecule has 11 heteroatoms. The fourth-order valence-corrected chi connectivity index (χ4v) is 2.44. The largest absolute Gasteiger partial charge is 0.493 e. The Morgan fingerprint density at radius 1 is 1.19 bits per heavy atom. The van der Waals surface area contributed by atoms with Gasteiger partial charge in [0.2, 0.25) is 5.95 Å². The minimum absolute atomic E-state index is 0.0960. The van der Waals surface area contributed by atoms with Crippen molar-refractivity contribution in [2.45, 2.75) is 19.5 Å². The number of halogens is 3. The van der Waals surface area contributed by atoms with Crippen LogP contribution in [0.4, 0.5) is 24.8 Å². The van der Waals surface area contributed by atoms with E-state index in [1.54, 1.807) is 7.11 Å². The van der Waals surface area contributed by atoms with E-state index in [1.165, 1.54) is 0 Å². The summed E-state index contributed by atoms with van der Waals surface area (Å²) in [7, 11) is 1.65. The maximum absolute atomic E-state index is 12.7. The molecule has 0 unspecified atom stereocenters. The van der Waals surface area contributed by atoms with Crippen molar-refractivity contribution in [1.82, 2.24) is 15.3 Å². The minimum Gasteiger partial charge on any atom is -0.493 e. The lowest BCUT2D eigenvalue weighted by Crippen LogP contribution is -2.31. The highest BCUT2D eigenvalue weighted by atomic mass is 19.4. The molecule has 0 amide bonds. The molecule has 8 nitrogen and oxygen atoms in total. The number of nitrogens with zero attached hydrogens (tertiary/aromatic N) is 3. The van der Waals surface area contributed by atoms with Crippen LogP contribution >= 0.6 is 0 Å². The molecule has 0 fully saturated rings. The third-order valence-electron chi connectivity index (χ3n) is 3.81. The van der Waals surface area contributed by atoms with Crippen LogP contribution in [-0.4, -0.2) is 55.9 Å². The molecule has 31 heavy (non-hydrogen) atoms. The van der Waals surface area contributed by atoms with Crippen LogP contribution in [0.25, 0.3) is 0 Å². The Morgan fingerprint density at radius 3 is 2.77 bits per heavy atom. The monoisotopic (exact) mass is 440 g/mol. The van der Waals surface area contributed by atoms with Gasteiger partial charge in [-0.15, -0.1) is 0 Å². The van der Waals surface area contributed by atoms with Gasteiger partial charge in [0.1, 0.15) is 11.4 Å². The van der Waals surface area contributed by atoms with E-state index in [0.717, 1.165) is 30.1 Å². The summed E-state index contributed by atoms with van der Waals surface area (Å²) >= 11 is 0. The van der Waals surface area contributed by atoms with E-state index in [-0.39, 0.29) is 12.5 Å². The van der Waals surface area contributed by atoms with Gasteiger partial charge in [-0.05, 0) is 25.1 Å². The van der Waals surface area contributed by atoms with Crippen molar-refractivity contribution in [1.29, 1.82) is 0 Å². The van der Waals surface area contributed by atoms with Gasteiger partial charge in [-0.1, -0.05) is 6.07 Å². The molecular weight excluding hydrogens is 413 g/mol. The summed E-state index contributed by atoms with van der Waals surface area (Å²) in [6.07, 6.45) is -2.65. The lowest BCUT2D eigenvalue weighted by atomic mass is 10.3. The van der Waals surface area contributed by atoms with Crippen LogP contribution in [0.3, 0.4) is 0 Å². The summed E-state index contributed by atoms with van der Waals surface area (Å²) in [4.78, 5) is 11.7. The molecule has 0 aliphatic rings. The van der Waals surface area contributed by atoms with Crippen molar-refractivity contribution in [3.05, 3.63) is 42.2 Å². The number of hydrogen-bond donors (Lipinski definition) is 3. The highest BCUT2D eigenvalue weighted by molar-refractivity contribution is 5.93. The molecule has 0 aliphatic heterocycles. The molecule has 2 rings (SSSR count). The molecule has 1 aromatic carbocycles. The van der Waals surface area contributed by atoms with Crippen LogP contribution in [0.2, 0.25) is 0 Å². The molecule has 0 bridgehead atoms. The zero-order chi connectivity index (χ0) is 22.5. The van der Waals surface area contributed by atoms with Crippen LogP contribution < -0.4 is 20.7 Å². The first kappa shape index (κ1) is 24.2. The summed E-state index contributed by atoms with van der Waals surface area (Å²) < 4.78 is 48.8. The highest BCUT2D eigenvalue weighted by Gasteiger charge is 2.32. The molecule has 1 aromatic heterocycles. The second-order valence-electron chi connectivity index (χ2n) is 6.30. The second-order valence-corrected chi connectivity index (χ2v) is 6.30. The predicted molar refractivity (Wildman–Crippen MR) is 114 cm³/mol. The molecule has 0 saturated heterocycles. The van der Waals surface area contributed by atoms with Crippen molar-refractivity contribution in [3.8, 4) is 5.75 Å². The van der Waals surface area contributed by atoms with E-state index < -0.39 is 11.9 Å². The van der Waals surface area contributed by atoms with Gasteiger partial charge in [-0.25, -0.2) is 9.97 Å². The SMILES string of the molecule is CCNC(=NCCNc1nccc(C(F)(F)F)n1)Nc1cccc(OCCCOC)c1. The first-order valence-corrected chi connectivity index (χ1v) is 9.83. The van der Waals surface area contributed by atoms with E-state index in [1.807, 2.05) is 31.2 Å². The Morgan fingerprint density at radius 2 is 2.03 bits per heavy atom. The molecule has 1 heterocycles. The fourth-order valence-electron chi connectivity index (χ4n) is 2.44. The molecular formula is C20H27F3N6O2. The lowest BCUT2D eigenvalue weighted by molar-refractivity contribution is -0.141. The van der Waals surface area contributed by atoms with Crippen molar-refractivity contribution >= 4 is 17.6 Å². The van der Waals surface area contributed by atoms with Gasteiger partial charge in [0.25, 0.3) is 0 Å². The van der Waals surface area contributed by atoms with Crippen LogP contribution in [0.1, 0.15) is 19.0 Å². The number of anilines is 2. The van der Waals surface area contributed by atoms with Crippen molar-refractivity contribution in [2.75, 3.05) is 50.6 Å². The first-order valence-electron chi connectivity index (χ1n) is 9.83. The first-order chi connectivity index (χ1) is 14.9. The summed E-state index contributed by atoms with van der Waals surface area (Å²) in [5.41, 5.74) is -0.203. The van der Waals surface area contributed by atoms with Crippen molar-refractivity contribution in [3.63, 3.8) is 0 Å². The quantitative estimate of drug-likeness (QED) is 0.280. The Balaban J connectivity index is 1.89. The number of hydrogen-bond acceptors (Lipinski definition) is 6. The third-order valence-corrected chi connectivity index (χ3v) is 3.81. The van der Waals surface area contributed by atoms with E-state index in [2.05, 4.69) is 30.9 Å². The highest BCUT2D eigenvalue weighted by Crippen LogP contribution is 2.27. The Labute approximate surface area is 179 Å². The van der Waals surface area contributed by atoms with Crippen molar-refractivity contribution < 1.29 is 22.6 Å². The number of rotatable bonds is 11. The average molecular weight is 440 g/mol. The van der Waals surface area contributed by atoms with E-state index in [0.29, 0.717) is 32.3 Å². The zero-order valence-corrected chi connectivity index (χ0v) is 17.5. The lowest BCUT2D eigenvalue weighted by Gasteiger charge is -2.13. The van der Waals surface area contributed by atoms with Crippen LogP contribution in [0, 0.1) is 0 Å². The fraction of sp³-hybridized carbons (Fsp3) is 0.450. The number of alkyl halides is 3. The Bertz CT molecular complexity index is 833. The average Bonchev–Trinajstić information content (AvgIpc) is 2.74. The maximum Gasteiger partial charge on any atom is 0.433 e. The summed E-state index contributed by atoms with van der Waals surface area (Å²) in [5.74, 6) is 1.16. The molecule has 0 aliphatic carbocycles. The van der Waals surface area contributed by atoms with Gasteiger partial charge in [-0.3, -0.25) is 4.99 Å². The van der Waals surface area contributed by atoms with Gasteiger partial charge in [0, 0.05) is 51.2 Å². The summed E-state index contributed by atoms with van der Waals surface area (Å²) in [6, 6.07) is 8.29. The van der Waals surface area contributed by atoms with Gasteiger partial charge in [-0.2, -0.15) is 13.2 Å². The van der Waals surface area contributed by atoms with Crippen molar-refractivity contribution in [2.24, 2.45) is 4.99 Å². The topological polar surface area (TPSA) is 92.7 Å². The second kappa shape index (κ2) is 12.6. The van der Waals surface area contributed by atoms with Gasteiger partial charge < -0.3 is 25.4 Å². The molecule has 170 valence electrons. The summed E-state index contributed by atoms with van der Waals surface area (Å²) in [5, 5.41) is 9.03. The number of methoxy groups -OCH3 is 1.